The second-order valence-corrected chi connectivity index (χ2v) is 9.19. The number of benzene rings is 2. The fraction of sp³-hybridized carbons (Fsp3) is 0.350. The van der Waals surface area contributed by atoms with Gasteiger partial charge in [-0.25, -0.2) is 8.42 Å². The van der Waals surface area contributed by atoms with E-state index in [1.807, 2.05) is 18.2 Å². The van der Waals surface area contributed by atoms with Gasteiger partial charge in [-0.2, -0.15) is 0 Å². The summed E-state index contributed by atoms with van der Waals surface area (Å²) in [4.78, 5) is 12.5. The molecule has 0 spiro atoms. The summed E-state index contributed by atoms with van der Waals surface area (Å²) >= 11 is 0. The summed E-state index contributed by atoms with van der Waals surface area (Å²) in [5.74, 6) is 1.32. The van der Waals surface area contributed by atoms with E-state index in [0.717, 1.165) is 5.56 Å². The van der Waals surface area contributed by atoms with Crippen molar-refractivity contribution in [1.82, 2.24) is 0 Å². The number of carbonyl (C=O) groups is 1. The van der Waals surface area contributed by atoms with Gasteiger partial charge in [0.2, 0.25) is 0 Å². The van der Waals surface area contributed by atoms with Crippen LogP contribution in [0.5, 0.6) is 11.5 Å². The van der Waals surface area contributed by atoms with Crippen LogP contribution >= 0.6 is 0 Å². The first kappa shape index (κ1) is 18.5. The van der Waals surface area contributed by atoms with Crippen molar-refractivity contribution in [3.63, 3.8) is 0 Å². The van der Waals surface area contributed by atoms with Crippen LogP contribution in [0.15, 0.2) is 42.5 Å². The molecule has 1 aliphatic rings. The van der Waals surface area contributed by atoms with Crippen LogP contribution in [0.1, 0.15) is 35.3 Å². The Labute approximate surface area is 153 Å². The standard InChI is InChI=1S/C20H22O5S/c1-14(2)26(22,23)13-15-3-6-17(7-4-15)18(21)11-16-5-8-19-20(12-16)25-10-9-24-19/h3-8,12,14H,9-11,13H2,1-2H3. The van der Waals surface area contributed by atoms with Crippen LogP contribution in [0.2, 0.25) is 0 Å². The van der Waals surface area contributed by atoms with Crippen molar-refractivity contribution in [2.24, 2.45) is 0 Å². The molecule has 0 unspecified atom stereocenters. The molecule has 6 heteroatoms. The van der Waals surface area contributed by atoms with Crippen molar-refractivity contribution in [2.75, 3.05) is 13.2 Å². The number of hydrogen-bond acceptors (Lipinski definition) is 5. The van der Waals surface area contributed by atoms with Crippen molar-refractivity contribution >= 4 is 15.6 Å². The topological polar surface area (TPSA) is 69.7 Å². The largest absolute Gasteiger partial charge is 0.486 e. The first-order chi connectivity index (χ1) is 12.3. The Balaban J connectivity index is 1.69. The lowest BCUT2D eigenvalue weighted by Gasteiger charge is -2.18. The summed E-state index contributed by atoms with van der Waals surface area (Å²) in [5, 5.41) is -0.418. The molecule has 1 aliphatic heterocycles. The molecule has 0 aliphatic carbocycles. The molecule has 2 aromatic rings. The molecule has 0 amide bonds. The lowest BCUT2D eigenvalue weighted by Crippen LogP contribution is -2.16. The molecule has 138 valence electrons. The van der Waals surface area contributed by atoms with Crippen molar-refractivity contribution in [1.29, 1.82) is 0 Å². The molecule has 0 radical (unpaired) electrons. The van der Waals surface area contributed by atoms with Gasteiger partial charge in [-0.15, -0.1) is 0 Å². The first-order valence-electron chi connectivity index (χ1n) is 8.57. The van der Waals surface area contributed by atoms with Gasteiger partial charge in [0, 0.05) is 12.0 Å². The minimum Gasteiger partial charge on any atom is -0.486 e. The summed E-state index contributed by atoms with van der Waals surface area (Å²) in [5.41, 5.74) is 2.10. The predicted octanol–water partition coefficient (Wildman–Crippen LogP) is 3.21. The molecule has 1 heterocycles. The van der Waals surface area contributed by atoms with Gasteiger partial charge in [-0.1, -0.05) is 30.3 Å². The SMILES string of the molecule is CC(C)S(=O)(=O)Cc1ccc(C(=O)Cc2ccc3c(c2)OCCO3)cc1. The quantitative estimate of drug-likeness (QED) is 0.726. The van der Waals surface area contributed by atoms with Gasteiger partial charge in [0.15, 0.2) is 27.1 Å². The average molecular weight is 374 g/mol. The van der Waals surface area contributed by atoms with Crippen LogP contribution in [-0.4, -0.2) is 32.7 Å². The number of Topliss-reactive ketones (excluding diaryl/α,β-unsaturated/α-hetero) is 1. The third kappa shape index (κ3) is 4.25. The van der Waals surface area contributed by atoms with E-state index in [4.69, 9.17) is 9.47 Å². The van der Waals surface area contributed by atoms with E-state index in [1.165, 1.54) is 0 Å². The third-order valence-corrected chi connectivity index (χ3v) is 6.51. The Morgan fingerprint density at radius 1 is 0.962 bits per heavy atom. The van der Waals surface area contributed by atoms with Crippen LogP contribution in [0.3, 0.4) is 0 Å². The maximum Gasteiger partial charge on any atom is 0.167 e. The van der Waals surface area contributed by atoms with Crippen LogP contribution in [0.4, 0.5) is 0 Å². The molecule has 0 atom stereocenters. The zero-order valence-electron chi connectivity index (χ0n) is 14.9. The molecule has 0 saturated heterocycles. The molecule has 0 N–H and O–H groups in total. The summed E-state index contributed by atoms with van der Waals surface area (Å²) in [6.07, 6.45) is 0.250. The second-order valence-electron chi connectivity index (χ2n) is 6.63. The molecule has 0 saturated carbocycles. The lowest BCUT2D eigenvalue weighted by molar-refractivity contribution is 0.0992. The highest BCUT2D eigenvalue weighted by atomic mass is 32.2. The van der Waals surface area contributed by atoms with Crippen molar-refractivity contribution in [2.45, 2.75) is 31.3 Å². The van der Waals surface area contributed by atoms with Crippen LogP contribution in [-0.2, 0) is 22.0 Å². The maximum absolute atomic E-state index is 12.5. The number of hydrogen-bond donors (Lipinski definition) is 0. The second kappa shape index (κ2) is 7.50. The van der Waals surface area contributed by atoms with E-state index >= 15 is 0 Å². The molecular formula is C20H22O5S. The Bertz CT molecular complexity index is 898. The molecule has 5 nitrogen and oxygen atoms in total. The van der Waals surface area contributed by atoms with Crippen LogP contribution in [0, 0.1) is 0 Å². The molecule has 0 bridgehead atoms. The molecule has 26 heavy (non-hydrogen) atoms. The van der Waals surface area contributed by atoms with Gasteiger partial charge in [-0.3, -0.25) is 4.79 Å². The predicted molar refractivity (Wildman–Crippen MR) is 99.7 cm³/mol. The smallest absolute Gasteiger partial charge is 0.167 e. The summed E-state index contributed by atoms with van der Waals surface area (Å²) in [7, 11) is -3.15. The maximum atomic E-state index is 12.5. The van der Waals surface area contributed by atoms with Crippen LogP contribution in [0.25, 0.3) is 0 Å². The summed E-state index contributed by atoms with van der Waals surface area (Å²) in [6, 6.07) is 12.3. The van der Waals surface area contributed by atoms with E-state index in [-0.39, 0.29) is 18.0 Å². The van der Waals surface area contributed by atoms with Gasteiger partial charge in [0.25, 0.3) is 0 Å². The summed E-state index contributed by atoms with van der Waals surface area (Å²) in [6.45, 7) is 4.37. The minimum atomic E-state index is -3.15. The fourth-order valence-electron chi connectivity index (χ4n) is 2.67. The molecule has 0 aromatic heterocycles. The highest BCUT2D eigenvalue weighted by Crippen LogP contribution is 2.31. The van der Waals surface area contributed by atoms with E-state index in [0.29, 0.717) is 35.8 Å². The van der Waals surface area contributed by atoms with E-state index < -0.39 is 15.1 Å². The Morgan fingerprint density at radius 2 is 1.58 bits per heavy atom. The number of carbonyl (C=O) groups excluding carboxylic acids is 1. The number of fused-ring (bicyclic) bond motifs is 1. The highest BCUT2D eigenvalue weighted by Gasteiger charge is 2.17. The Morgan fingerprint density at radius 3 is 2.23 bits per heavy atom. The van der Waals surface area contributed by atoms with Gasteiger partial charge in [0.1, 0.15) is 13.2 Å². The number of sulfone groups is 1. The number of ketones is 1. The van der Waals surface area contributed by atoms with Crippen molar-refractivity contribution in [3.8, 4) is 11.5 Å². The van der Waals surface area contributed by atoms with Gasteiger partial charge < -0.3 is 9.47 Å². The Kier molecular flexibility index (Phi) is 5.32. The monoisotopic (exact) mass is 374 g/mol. The van der Waals surface area contributed by atoms with Crippen LogP contribution < -0.4 is 9.47 Å². The average Bonchev–Trinajstić information content (AvgIpc) is 2.61. The van der Waals surface area contributed by atoms with E-state index in [2.05, 4.69) is 0 Å². The van der Waals surface area contributed by atoms with E-state index in [1.54, 1.807) is 38.1 Å². The van der Waals surface area contributed by atoms with Gasteiger partial charge in [0.05, 0.1) is 11.0 Å². The summed E-state index contributed by atoms with van der Waals surface area (Å²) < 4.78 is 35.0. The zero-order chi connectivity index (χ0) is 18.7. The molecule has 0 fully saturated rings. The van der Waals surface area contributed by atoms with Crippen molar-refractivity contribution in [3.05, 3.63) is 59.2 Å². The minimum absolute atomic E-state index is 0.0126. The zero-order valence-corrected chi connectivity index (χ0v) is 15.7. The molecule has 2 aromatic carbocycles. The van der Waals surface area contributed by atoms with Gasteiger partial charge in [-0.05, 0) is 37.1 Å². The van der Waals surface area contributed by atoms with Crippen molar-refractivity contribution < 1.29 is 22.7 Å². The first-order valence-corrected chi connectivity index (χ1v) is 10.3. The number of rotatable bonds is 6. The van der Waals surface area contributed by atoms with Gasteiger partial charge >= 0.3 is 0 Å². The van der Waals surface area contributed by atoms with E-state index in [9.17, 15) is 13.2 Å². The number of ether oxygens (including phenoxy) is 2. The Hall–Kier alpha value is -2.34. The lowest BCUT2D eigenvalue weighted by atomic mass is 10.0. The fourth-order valence-corrected chi connectivity index (χ4v) is 3.66. The normalized spacial score (nSPS) is 13.7. The third-order valence-electron chi connectivity index (χ3n) is 4.33. The highest BCUT2D eigenvalue weighted by molar-refractivity contribution is 7.91. The molecular weight excluding hydrogens is 352 g/mol. The molecule has 3 rings (SSSR count).